The maximum Gasteiger partial charge on any atom is 0.354 e. The van der Waals surface area contributed by atoms with Gasteiger partial charge in [-0.15, -0.1) is 0 Å². The lowest BCUT2D eigenvalue weighted by atomic mass is 10.3. The fourth-order valence-electron chi connectivity index (χ4n) is 1.80. The molecular formula is C13H16N4O2. The zero-order valence-corrected chi connectivity index (χ0v) is 11.0. The Hall–Kier alpha value is -2.24. The van der Waals surface area contributed by atoms with Crippen molar-refractivity contribution in [3.05, 3.63) is 41.2 Å². The second kappa shape index (κ2) is 5.60. The number of rotatable bonds is 5. The fourth-order valence-corrected chi connectivity index (χ4v) is 1.80. The summed E-state index contributed by atoms with van der Waals surface area (Å²) in [5.74, 6) is 0.663. The summed E-state index contributed by atoms with van der Waals surface area (Å²) in [4.78, 5) is 19.4. The third-order valence-electron chi connectivity index (χ3n) is 2.76. The summed E-state index contributed by atoms with van der Waals surface area (Å²) < 4.78 is 1.78. The van der Waals surface area contributed by atoms with Crippen molar-refractivity contribution in [3.8, 4) is 0 Å². The highest BCUT2D eigenvalue weighted by molar-refractivity contribution is 5.85. The molecule has 0 saturated carbocycles. The van der Waals surface area contributed by atoms with E-state index in [0.29, 0.717) is 12.2 Å². The van der Waals surface area contributed by atoms with Gasteiger partial charge in [0.2, 0.25) is 0 Å². The second-order valence-electron chi connectivity index (χ2n) is 4.13. The monoisotopic (exact) mass is 260 g/mol. The molecule has 0 aliphatic rings. The first-order chi connectivity index (χ1) is 9.13. The minimum absolute atomic E-state index is 0.0476. The number of aromatic nitrogens is 4. The number of aryl methyl sites for hydroxylation is 2. The standard InChI is InChI=1S/C13H16N4O2/c1-3-11-15-12(4-2)17(16-11)8-9-6-5-7-10(14-9)13(18)19/h5-7H,3-4,8H2,1-2H3,(H,18,19). The number of hydrogen-bond acceptors (Lipinski definition) is 4. The van der Waals surface area contributed by atoms with Gasteiger partial charge in [-0.25, -0.2) is 19.4 Å². The predicted molar refractivity (Wildman–Crippen MR) is 69.1 cm³/mol. The maximum absolute atomic E-state index is 10.9. The van der Waals surface area contributed by atoms with Crippen molar-refractivity contribution >= 4 is 5.97 Å². The van der Waals surface area contributed by atoms with Gasteiger partial charge in [0.1, 0.15) is 11.5 Å². The van der Waals surface area contributed by atoms with Crippen LogP contribution in [0.5, 0.6) is 0 Å². The van der Waals surface area contributed by atoms with Gasteiger partial charge >= 0.3 is 5.97 Å². The smallest absolute Gasteiger partial charge is 0.354 e. The first-order valence-corrected chi connectivity index (χ1v) is 6.25. The van der Waals surface area contributed by atoms with Gasteiger partial charge in [0.15, 0.2) is 5.82 Å². The van der Waals surface area contributed by atoms with E-state index in [-0.39, 0.29) is 5.69 Å². The molecule has 100 valence electrons. The summed E-state index contributed by atoms with van der Waals surface area (Å²) in [5, 5.41) is 13.3. The molecule has 2 aromatic rings. The van der Waals surface area contributed by atoms with E-state index in [9.17, 15) is 4.79 Å². The molecule has 0 saturated heterocycles. The van der Waals surface area contributed by atoms with E-state index in [0.717, 1.165) is 24.5 Å². The lowest BCUT2D eigenvalue weighted by molar-refractivity contribution is 0.0690. The average molecular weight is 260 g/mol. The van der Waals surface area contributed by atoms with Crippen LogP contribution in [0.25, 0.3) is 0 Å². The minimum atomic E-state index is -1.02. The van der Waals surface area contributed by atoms with Gasteiger partial charge < -0.3 is 5.11 Å². The highest BCUT2D eigenvalue weighted by Gasteiger charge is 2.10. The molecule has 0 spiro atoms. The molecule has 6 nitrogen and oxygen atoms in total. The fraction of sp³-hybridized carbons (Fsp3) is 0.385. The molecule has 0 aromatic carbocycles. The first kappa shape index (κ1) is 13.2. The van der Waals surface area contributed by atoms with Crippen molar-refractivity contribution in [1.29, 1.82) is 0 Å². The summed E-state index contributed by atoms with van der Waals surface area (Å²) in [6.45, 7) is 4.46. The minimum Gasteiger partial charge on any atom is -0.477 e. The van der Waals surface area contributed by atoms with Crippen LogP contribution < -0.4 is 0 Å². The summed E-state index contributed by atoms with van der Waals surface area (Å²) in [6.07, 6.45) is 1.56. The van der Waals surface area contributed by atoms with Gasteiger partial charge in [0.05, 0.1) is 12.2 Å². The van der Waals surface area contributed by atoms with Gasteiger partial charge in [-0.05, 0) is 12.1 Å². The molecule has 0 radical (unpaired) electrons. The normalized spacial score (nSPS) is 10.6. The van der Waals surface area contributed by atoms with Crippen LogP contribution in [0.4, 0.5) is 0 Å². The van der Waals surface area contributed by atoms with Crippen LogP contribution in [-0.2, 0) is 19.4 Å². The Morgan fingerprint density at radius 1 is 1.26 bits per heavy atom. The Kier molecular flexibility index (Phi) is 3.89. The van der Waals surface area contributed by atoms with Crippen LogP contribution in [0, 0.1) is 0 Å². The summed E-state index contributed by atoms with van der Waals surface area (Å²) in [7, 11) is 0. The molecule has 19 heavy (non-hydrogen) atoms. The van der Waals surface area contributed by atoms with Crippen LogP contribution in [0.2, 0.25) is 0 Å². The molecule has 0 bridgehead atoms. The maximum atomic E-state index is 10.9. The molecule has 2 heterocycles. The zero-order valence-electron chi connectivity index (χ0n) is 11.0. The van der Waals surface area contributed by atoms with Crippen molar-refractivity contribution in [2.24, 2.45) is 0 Å². The molecule has 0 aliphatic heterocycles. The second-order valence-corrected chi connectivity index (χ2v) is 4.13. The summed E-state index contributed by atoms with van der Waals surface area (Å²) in [5.41, 5.74) is 0.716. The zero-order chi connectivity index (χ0) is 13.8. The molecule has 0 aliphatic carbocycles. The molecular weight excluding hydrogens is 244 g/mol. The third-order valence-corrected chi connectivity index (χ3v) is 2.76. The van der Waals surface area contributed by atoms with Gasteiger partial charge in [-0.1, -0.05) is 19.9 Å². The molecule has 0 amide bonds. The third kappa shape index (κ3) is 2.96. The highest BCUT2D eigenvalue weighted by Crippen LogP contribution is 2.06. The van der Waals surface area contributed by atoms with Gasteiger partial charge in [-0.3, -0.25) is 0 Å². The lowest BCUT2D eigenvalue weighted by Crippen LogP contribution is -2.10. The first-order valence-electron chi connectivity index (χ1n) is 6.25. The van der Waals surface area contributed by atoms with E-state index in [2.05, 4.69) is 15.1 Å². The SMILES string of the molecule is CCc1nc(CC)n(Cc2cccc(C(=O)O)n2)n1. The number of carboxylic acids is 1. The summed E-state index contributed by atoms with van der Waals surface area (Å²) >= 11 is 0. The van der Waals surface area contributed by atoms with E-state index in [1.165, 1.54) is 6.07 Å². The molecule has 0 unspecified atom stereocenters. The number of hydrogen-bond donors (Lipinski definition) is 1. The van der Waals surface area contributed by atoms with Crippen LogP contribution in [0.3, 0.4) is 0 Å². The van der Waals surface area contributed by atoms with E-state index in [4.69, 9.17) is 5.11 Å². The largest absolute Gasteiger partial charge is 0.477 e. The van der Waals surface area contributed by atoms with E-state index in [1.807, 2.05) is 13.8 Å². The van der Waals surface area contributed by atoms with Crippen molar-refractivity contribution in [3.63, 3.8) is 0 Å². The molecule has 2 rings (SSSR count). The van der Waals surface area contributed by atoms with E-state index in [1.54, 1.807) is 16.8 Å². The van der Waals surface area contributed by atoms with E-state index >= 15 is 0 Å². The molecule has 0 fully saturated rings. The number of nitrogens with zero attached hydrogens (tertiary/aromatic N) is 4. The Balaban J connectivity index is 2.27. The number of carbonyl (C=O) groups is 1. The van der Waals surface area contributed by atoms with E-state index < -0.39 is 5.97 Å². The predicted octanol–water partition coefficient (Wildman–Crippen LogP) is 1.54. The highest BCUT2D eigenvalue weighted by atomic mass is 16.4. The van der Waals surface area contributed by atoms with Crippen LogP contribution in [-0.4, -0.2) is 30.8 Å². The number of pyridine rings is 1. The molecule has 0 atom stereocenters. The Morgan fingerprint density at radius 2 is 2.05 bits per heavy atom. The van der Waals surface area contributed by atoms with Gasteiger partial charge in [0, 0.05) is 12.8 Å². The lowest BCUT2D eigenvalue weighted by Gasteiger charge is -2.04. The number of aromatic carboxylic acids is 1. The molecule has 1 N–H and O–H groups in total. The van der Waals surface area contributed by atoms with Crippen molar-refractivity contribution < 1.29 is 9.90 Å². The molecule has 6 heteroatoms. The van der Waals surface area contributed by atoms with Crippen molar-refractivity contribution in [2.75, 3.05) is 0 Å². The van der Waals surface area contributed by atoms with Crippen LogP contribution in [0.1, 0.15) is 41.7 Å². The Bertz CT molecular complexity index is 592. The Morgan fingerprint density at radius 3 is 2.68 bits per heavy atom. The van der Waals surface area contributed by atoms with Crippen molar-refractivity contribution in [1.82, 2.24) is 19.7 Å². The van der Waals surface area contributed by atoms with Crippen LogP contribution in [0.15, 0.2) is 18.2 Å². The van der Waals surface area contributed by atoms with Gasteiger partial charge in [0.25, 0.3) is 0 Å². The molecule has 2 aromatic heterocycles. The summed E-state index contributed by atoms with van der Waals surface area (Å²) in [6, 6.07) is 4.96. The number of carboxylic acid groups (broad SMARTS) is 1. The van der Waals surface area contributed by atoms with Crippen LogP contribution >= 0.6 is 0 Å². The Labute approximate surface area is 111 Å². The quantitative estimate of drug-likeness (QED) is 0.882. The topological polar surface area (TPSA) is 80.9 Å². The van der Waals surface area contributed by atoms with Gasteiger partial charge in [-0.2, -0.15) is 5.10 Å². The average Bonchev–Trinajstić information content (AvgIpc) is 2.81. The van der Waals surface area contributed by atoms with Crippen molar-refractivity contribution in [2.45, 2.75) is 33.2 Å².